The number of unbranched alkanes of at least 4 members (excludes halogenated alkanes) is 9. The van der Waals surface area contributed by atoms with Crippen LogP contribution in [0.5, 0.6) is 0 Å². The largest absolute Gasteiger partial charge is 0.315 e. The average molecular weight is 340 g/mol. The molecule has 0 fully saturated rings. The first kappa shape index (κ1) is 24.0. The van der Waals surface area contributed by atoms with Crippen LogP contribution in [-0.4, -0.2) is 12.6 Å². The molecule has 0 aromatic carbocycles. The minimum Gasteiger partial charge on any atom is -0.315 e. The van der Waals surface area contributed by atoms with Gasteiger partial charge in [-0.15, -0.1) is 0 Å². The van der Waals surface area contributed by atoms with Crippen LogP contribution in [0.15, 0.2) is 0 Å². The smallest absolute Gasteiger partial charge is 0.00103 e. The molecule has 1 nitrogen and oxygen atoms in total. The van der Waals surface area contributed by atoms with Crippen LogP contribution in [0.4, 0.5) is 0 Å². The van der Waals surface area contributed by atoms with E-state index in [4.69, 9.17) is 0 Å². The zero-order chi connectivity index (χ0) is 18.2. The maximum Gasteiger partial charge on any atom is 0.00103 e. The van der Waals surface area contributed by atoms with E-state index in [1.54, 1.807) is 0 Å². The molecule has 0 amide bonds. The fourth-order valence-electron chi connectivity index (χ4n) is 3.66. The summed E-state index contributed by atoms with van der Waals surface area (Å²) >= 11 is 0. The highest BCUT2D eigenvalue weighted by atomic mass is 14.9. The Balaban J connectivity index is 3.22. The summed E-state index contributed by atoms with van der Waals surface area (Å²) in [6.07, 6.45) is 17.2. The molecular weight excluding hydrogens is 290 g/mol. The monoisotopic (exact) mass is 339 g/mol. The SMILES string of the molecule is CC(C)CC(C)C(C)CCCCCCCCCCCCNC(C)C. The van der Waals surface area contributed by atoms with Gasteiger partial charge >= 0.3 is 0 Å². The molecule has 0 heterocycles. The molecule has 0 rings (SSSR count). The summed E-state index contributed by atoms with van der Waals surface area (Å²) in [6.45, 7) is 15.3. The predicted molar refractivity (Wildman–Crippen MR) is 112 cm³/mol. The second kappa shape index (κ2) is 16.4. The molecule has 0 aliphatic heterocycles. The molecule has 0 bridgehead atoms. The molecule has 2 atom stereocenters. The van der Waals surface area contributed by atoms with Crippen molar-refractivity contribution in [3.8, 4) is 0 Å². The Labute approximate surface area is 154 Å². The van der Waals surface area contributed by atoms with Gasteiger partial charge in [0.25, 0.3) is 0 Å². The highest BCUT2D eigenvalue weighted by molar-refractivity contribution is 4.64. The van der Waals surface area contributed by atoms with Crippen LogP contribution in [0.3, 0.4) is 0 Å². The molecule has 146 valence electrons. The fourth-order valence-corrected chi connectivity index (χ4v) is 3.66. The summed E-state index contributed by atoms with van der Waals surface area (Å²) in [6, 6.07) is 0.645. The van der Waals surface area contributed by atoms with Gasteiger partial charge in [0.2, 0.25) is 0 Å². The number of hydrogen-bond acceptors (Lipinski definition) is 1. The molecule has 0 aliphatic rings. The maximum atomic E-state index is 3.50. The molecule has 0 aromatic rings. The first-order valence-electron chi connectivity index (χ1n) is 11.2. The van der Waals surface area contributed by atoms with E-state index in [-0.39, 0.29) is 0 Å². The van der Waals surface area contributed by atoms with E-state index >= 15 is 0 Å². The average Bonchev–Trinajstić information content (AvgIpc) is 2.50. The third-order valence-electron chi connectivity index (χ3n) is 5.45. The normalized spacial score (nSPS) is 14.5. The quantitative estimate of drug-likeness (QED) is 0.269. The second-order valence-electron chi connectivity index (χ2n) is 9.02. The molecule has 0 spiro atoms. The Morgan fingerprint density at radius 3 is 1.46 bits per heavy atom. The van der Waals surface area contributed by atoms with Crippen molar-refractivity contribution in [1.29, 1.82) is 0 Å². The Morgan fingerprint density at radius 2 is 1.00 bits per heavy atom. The Morgan fingerprint density at radius 1 is 0.542 bits per heavy atom. The van der Waals surface area contributed by atoms with Gasteiger partial charge in [-0.25, -0.2) is 0 Å². The van der Waals surface area contributed by atoms with Crippen molar-refractivity contribution in [2.24, 2.45) is 17.8 Å². The van der Waals surface area contributed by atoms with Gasteiger partial charge in [-0.3, -0.25) is 0 Å². The minimum atomic E-state index is 0.645. The first-order valence-corrected chi connectivity index (χ1v) is 11.2. The third kappa shape index (κ3) is 16.8. The molecule has 2 unspecified atom stereocenters. The van der Waals surface area contributed by atoms with Gasteiger partial charge < -0.3 is 5.32 Å². The zero-order valence-electron chi connectivity index (χ0n) is 18.0. The summed E-state index contributed by atoms with van der Waals surface area (Å²) in [4.78, 5) is 0. The van der Waals surface area contributed by atoms with Gasteiger partial charge in [0, 0.05) is 6.04 Å². The summed E-state index contributed by atoms with van der Waals surface area (Å²) in [5.74, 6) is 2.67. The Hall–Kier alpha value is -0.0400. The van der Waals surface area contributed by atoms with E-state index in [1.165, 1.54) is 83.6 Å². The van der Waals surface area contributed by atoms with Crippen molar-refractivity contribution in [3.63, 3.8) is 0 Å². The van der Waals surface area contributed by atoms with Crippen molar-refractivity contribution in [1.82, 2.24) is 5.32 Å². The van der Waals surface area contributed by atoms with Gasteiger partial charge in [-0.05, 0) is 37.1 Å². The van der Waals surface area contributed by atoms with Crippen molar-refractivity contribution >= 4 is 0 Å². The van der Waals surface area contributed by atoms with Crippen LogP contribution in [0, 0.1) is 17.8 Å². The standard InChI is InChI=1S/C23H49N/c1-20(2)19-23(6)22(5)17-15-13-11-9-7-8-10-12-14-16-18-24-21(3)4/h20-24H,7-19H2,1-6H3. The van der Waals surface area contributed by atoms with E-state index in [1.807, 2.05) is 0 Å². The topological polar surface area (TPSA) is 12.0 Å². The Kier molecular flexibility index (Phi) is 16.4. The molecular formula is C23H49N. The predicted octanol–water partition coefficient (Wildman–Crippen LogP) is 7.59. The van der Waals surface area contributed by atoms with Crippen molar-refractivity contribution in [2.75, 3.05) is 6.54 Å². The van der Waals surface area contributed by atoms with Crippen LogP contribution < -0.4 is 5.32 Å². The molecule has 1 heteroatoms. The number of hydrogen-bond donors (Lipinski definition) is 1. The second-order valence-corrected chi connectivity index (χ2v) is 9.02. The van der Waals surface area contributed by atoms with Gasteiger partial charge in [-0.2, -0.15) is 0 Å². The van der Waals surface area contributed by atoms with Crippen molar-refractivity contribution in [3.05, 3.63) is 0 Å². The van der Waals surface area contributed by atoms with E-state index in [0.717, 1.165) is 17.8 Å². The zero-order valence-corrected chi connectivity index (χ0v) is 18.0. The lowest BCUT2D eigenvalue weighted by atomic mass is 9.85. The van der Waals surface area contributed by atoms with Crippen LogP contribution in [-0.2, 0) is 0 Å². The van der Waals surface area contributed by atoms with Gasteiger partial charge in [0.05, 0.1) is 0 Å². The van der Waals surface area contributed by atoms with Crippen LogP contribution in [0.25, 0.3) is 0 Å². The lowest BCUT2D eigenvalue weighted by Crippen LogP contribution is -2.23. The Bertz CT molecular complexity index is 246. The molecule has 0 aromatic heterocycles. The van der Waals surface area contributed by atoms with Crippen LogP contribution in [0.1, 0.15) is 119 Å². The highest BCUT2D eigenvalue weighted by Crippen LogP contribution is 2.24. The van der Waals surface area contributed by atoms with E-state index < -0.39 is 0 Å². The summed E-state index contributed by atoms with van der Waals surface area (Å²) in [5.41, 5.74) is 0. The summed E-state index contributed by atoms with van der Waals surface area (Å²) < 4.78 is 0. The molecule has 0 aliphatic carbocycles. The highest BCUT2D eigenvalue weighted by Gasteiger charge is 2.13. The minimum absolute atomic E-state index is 0.645. The molecule has 0 radical (unpaired) electrons. The van der Waals surface area contributed by atoms with Gasteiger partial charge in [-0.1, -0.05) is 106 Å². The van der Waals surface area contributed by atoms with Crippen molar-refractivity contribution < 1.29 is 0 Å². The lowest BCUT2D eigenvalue weighted by molar-refractivity contribution is 0.300. The maximum absolute atomic E-state index is 3.50. The third-order valence-corrected chi connectivity index (χ3v) is 5.45. The number of nitrogens with one attached hydrogen (secondary N) is 1. The molecule has 0 saturated carbocycles. The van der Waals surface area contributed by atoms with E-state index in [2.05, 4.69) is 46.9 Å². The molecule has 1 N–H and O–H groups in total. The molecule has 24 heavy (non-hydrogen) atoms. The van der Waals surface area contributed by atoms with E-state index in [9.17, 15) is 0 Å². The van der Waals surface area contributed by atoms with Crippen LogP contribution in [0.2, 0.25) is 0 Å². The number of rotatable bonds is 17. The van der Waals surface area contributed by atoms with Gasteiger partial charge in [0.1, 0.15) is 0 Å². The van der Waals surface area contributed by atoms with E-state index in [0.29, 0.717) is 6.04 Å². The first-order chi connectivity index (χ1) is 11.4. The molecule has 0 saturated heterocycles. The summed E-state index contributed by atoms with van der Waals surface area (Å²) in [5, 5.41) is 3.50. The fraction of sp³-hybridized carbons (Fsp3) is 1.00. The van der Waals surface area contributed by atoms with Crippen LogP contribution >= 0.6 is 0 Å². The van der Waals surface area contributed by atoms with Crippen molar-refractivity contribution in [2.45, 2.75) is 125 Å². The van der Waals surface area contributed by atoms with Gasteiger partial charge in [0.15, 0.2) is 0 Å². The summed E-state index contributed by atoms with van der Waals surface area (Å²) in [7, 11) is 0. The lowest BCUT2D eigenvalue weighted by Gasteiger charge is -2.21.